The normalized spacial score (nSPS) is 14.3. The molecule has 0 unspecified atom stereocenters. The van der Waals surface area contributed by atoms with Gasteiger partial charge in [0.25, 0.3) is 5.56 Å². The van der Waals surface area contributed by atoms with Crippen LogP contribution in [0.4, 0.5) is 4.39 Å². The number of hydrogen-bond acceptors (Lipinski definition) is 3. The molecule has 0 atom stereocenters. The highest BCUT2D eigenvalue weighted by atomic mass is 35.5. The maximum atomic E-state index is 13.7. The van der Waals surface area contributed by atoms with Crippen LogP contribution in [0.5, 0.6) is 0 Å². The molecule has 5 rings (SSSR count). The Bertz CT molecular complexity index is 1630. The summed E-state index contributed by atoms with van der Waals surface area (Å²) in [4.78, 5) is 20.4. The van der Waals surface area contributed by atoms with Crippen molar-refractivity contribution in [2.24, 2.45) is 0 Å². The van der Waals surface area contributed by atoms with Crippen molar-refractivity contribution in [3.8, 4) is 16.8 Å². The van der Waals surface area contributed by atoms with E-state index in [1.54, 1.807) is 30.5 Å². The third kappa shape index (κ3) is 5.36. The molecule has 1 aliphatic rings. The van der Waals surface area contributed by atoms with Crippen LogP contribution < -0.4 is 5.56 Å². The number of aromatic nitrogens is 2. The van der Waals surface area contributed by atoms with Crippen LogP contribution in [-0.4, -0.2) is 33.1 Å². The lowest BCUT2D eigenvalue weighted by molar-refractivity contribution is 0.153. The van der Waals surface area contributed by atoms with Gasteiger partial charge in [0.2, 0.25) is 0 Å². The Morgan fingerprint density at radius 2 is 1.68 bits per heavy atom. The van der Waals surface area contributed by atoms with Crippen molar-refractivity contribution in [3.05, 3.63) is 97.7 Å². The van der Waals surface area contributed by atoms with Crippen LogP contribution in [0.3, 0.4) is 0 Å². The van der Waals surface area contributed by atoms with E-state index in [4.69, 9.17) is 39.8 Å². The van der Waals surface area contributed by atoms with Crippen LogP contribution >= 0.6 is 47.2 Å². The average Bonchev–Trinajstić information content (AvgIpc) is 2.85. The van der Waals surface area contributed by atoms with Crippen molar-refractivity contribution in [2.75, 3.05) is 13.1 Å². The summed E-state index contributed by atoms with van der Waals surface area (Å²) in [7, 11) is 0. The van der Waals surface area contributed by atoms with E-state index >= 15 is 0 Å². The van der Waals surface area contributed by atoms with Gasteiger partial charge in [0.1, 0.15) is 5.82 Å². The quantitative estimate of drug-likeness (QED) is 0.239. The molecule has 0 saturated carbocycles. The Morgan fingerprint density at radius 1 is 0.947 bits per heavy atom. The summed E-state index contributed by atoms with van der Waals surface area (Å²) in [5, 5.41) is 1.53. The number of nitrogens with zero attached hydrogens (tertiary/aromatic N) is 3. The molecule has 9 heteroatoms. The van der Waals surface area contributed by atoms with Crippen LogP contribution in [0.1, 0.15) is 32.9 Å². The second kappa shape index (κ2) is 11.0. The van der Waals surface area contributed by atoms with Gasteiger partial charge in [-0.05, 0) is 69.2 Å². The van der Waals surface area contributed by atoms with Gasteiger partial charge in [-0.1, -0.05) is 46.9 Å². The molecule has 0 fully saturated rings. The SMILES string of the molecule is CC(C)(C)N1CC=C(c2cc3c(ccc(=O)n3-c3c(Cl)ccc(-c4ccc(F)cc4Cl)c3Cl)cn2)CC1.Cl. The van der Waals surface area contributed by atoms with Crippen molar-refractivity contribution in [3.63, 3.8) is 0 Å². The van der Waals surface area contributed by atoms with Gasteiger partial charge in [-0.3, -0.25) is 19.2 Å². The fourth-order valence-corrected chi connectivity index (χ4v) is 5.62. The smallest absolute Gasteiger partial charge is 0.255 e. The van der Waals surface area contributed by atoms with Crippen molar-refractivity contribution < 1.29 is 4.39 Å². The minimum absolute atomic E-state index is 0. The van der Waals surface area contributed by atoms with Gasteiger partial charge in [-0.2, -0.15) is 0 Å². The first-order valence-electron chi connectivity index (χ1n) is 11.9. The number of fused-ring (bicyclic) bond motifs is 1. The Hall–Kier alpha value is -2.41. The van der Waals surface area contributed by atoms with E-state index in [9.17, 15) is 9.18 Å². The number of benzene rings is 2. The number of pyridine rings is 2. The molecular formula is C29H26Cl4FN3O. The van der Waals surface area contributed by atoms with Gasteiger partial charge in [-0.25, -0.2) is 4.39 Å². The Kier molecular flexibility index (Phi) is 8.27. The molecule has 38 heavy (non-hydrogen) atoms. The maximum absolute atomic E-state index is 13.7. The van der Waals surface area contributed by atoms with Crippen LogP contribution in [0.15, 0.2) is 65.6 Å². The minimum atomic E-state index is -0.452. The van der Waals surface area contributed by atoms with Crippen LogP contribution in [0.2, 0.25) is 15.1 Å². The van der Waals surface area contributed by atoms with Crippen molar-refractivity contribution in [1.29, 1.82) is 0 Å². The zero-order chi connectivity index (χ0) is 26.5. The summed E-state index contributed by atoms with van der Waals surface area (Å²) in [5.74, 6) is -0.452. The van der Waals surface area contributed by atoms with Crippen LogP contribution in [0, 0.1) is 5.82 Å². The molecule has 0 radical (unpaired) electrons. The van der Waals surface area contributed by atoms with Gasteiger partial charge in [0, 0.05) is 47.4 Å². The average molecular weight is 593 g/mol. The highest BCUT2D eigenvalue weighted by Crippen LogP contribution is 2.40. The highest BCUT2D eigenvalue weighted by Gasteiger charge is 2.24. The first-order chi connectivity index (χ1) is 17.5. The van der Waals surface area contributed by atoms with Gasteiger partial charge in [0.15, 0.2) is 0 Å². The van der Waals surface area contributed by atoms with Gasteiger partial charge < -0.3 is 0 Å². The predicted octanol–water partition coefficient (Wildman–Crippen LogP) is 8.46. The molecule has 0 aliphatic carbocycles. The number of hydrogen-bond donors (Lipinski definition) is 0. The predicted molar refractivity (Wildman–Crippen MR) is 159 cm³/mol. The summed E-state index contributed by atoms with van der Waals surface area (Å²) < 4.78 is 15.2. The largest absolute Gasteiger partial charge is 0.294 e. The molecule has 198 valence electrons. The van der Waals surface area contributed by atoms with Crippen molar-refractivity contribution in [2.45, 2.75) is 32.7 Å². The van der Waals surface area contributed by atoms with Gasteiger partial charge in [-0.15, -0.1) is 12.4 Å². The first-order valence-corrected chi connectivity index (χ1v) is 13.1. The van der Waals surface area contributed by atoms with E-state index in [1.807, 2.05) is 6.07 Å². The van der Waals surface area contributed by atoms with Gasteiger partial charge >= 0.3 is 0 Å². The Balaban J connectivity index is 0.00000336. The zero-order valence-corrected chi connectivity index (χ0v) is 24.1. The van der Waals surface area contributed by atoms with E-state index in [-0.39, 0.29) is 33.6 Å². The minimum Gasteiger partial charge on any atom is -0.294 e. The van der Waals surface area contributed by atoms with E-state index in [2.05, 4.69) is 31.7 Å². The molecule has 0 bridgehead atoms. The van der Waals surface area contributed by atoms with Crippen molar-refractivity contribution in [1.82, 2.24) is 14.5 Å². The first kappa shape index (κ1) is 28.6. The van der Waals surface area contributed by atoms with E-state index < -0.39 is 5.82 Å². The maximum Gasteiger partial charge on any atom is 0.255 e. The number of halogens is 5. The molecule has 2 aromatic heterocycles. The lowest BCUT2D eigenvalue weighted by Gasteiger charge is -2.37. The summed E-state index contributed by atoms with van der Waals surface area (Å²) in [5.41, 5.74) is 3.81. The van der Waals surface area contributed by atoms with Gasteiger partial charge in [0.05, 0.1) is 32.0 Å². The van der Waals surface area contributed by atoms with Crippen LogP contribution in [-0.2, 0) is 0 Å². The molecule has 0 amide bonds. The Morgan fingerprint density at radius 3 is 2.34 bits per heavy atom. The van der Waals surface area contributed by atoms with E-state index in [0.717, 1.165) is 36.2 Å². The lowest BCUT2D eigenvalue weighted by atomic mass is 9.98. The molecule has 2 aromatic carbocycles. The fourth-order valence-electron chi connectivity index (χ4n) is 4.71. The fraction of sp³-hybridized carbons (Fsp3) is 0.241. The molecule has 1 aliphatic heterocycles. The monoisotopic (exact) mass is 591 g/mol. The zero-order valence-electron chi connectivity index (χ0n) is 21.1. The summed E-state index contributed by atoms with van der Waals surface area (Å²) in [6, 6.07) is 12.6. The standard InChI is InChI=1S/C29H25Cl3FN3O.ClH/c1-29(2,3)35-12-10-17(11-13-35)24-15-25-18(16-34-24)4-9-26(37)36(25)28-22(30)8-7-21(27(28)32)20-6-5-19(33)14-23(20)31;/h4-10,14-16H,11-13H2,1-3H3;1H. The third-order valence-electron chi connectivity index (χ3n) is 6.78. The summed E-state index contributed by atoms with van der Waals surface area (Å²) in [6.07, 6.45) is 4.82. The van der Waals surface area contributed by atoms with E-state index in [1.165, 1.54) is 22.8 Å². The lowest BCUT2D eigenvalue weighted by Crippen LogP contribution is -2.43. The topological polar surface area (TPSA) is 38.1 Å². The molecular weight excluding hydrogens is 567 g/mol. The molecule has 0 spiro atoms. The van der Waals surface area contributed by atoms with Crippen LogP contribution in [0.25, 0.3) is 33.3 Å². The highest BCUT2D eigenvalue weighted by molar-refractivity contribution is 6.40. The third-order valence-corrected chi connectivity index (χ3v) is 7.78. The molecule has 4 nitrogen and oxygen atoms in total. The number of rotatable bonds is 3. The molecule has 0 saturated heterocycles. The second-order valence-electron chi connectivity index (χ2n) is 10.1. The molecule has 3 heterocycles. The second-order valence-corrected chi connectivity index (χ2v) is 11.3. The summed E-state index contributed by atoms with van der Waals surface area (Å²) >= 11 is 19.9. The Labute approximate surface area is 242 Å². The van der Waals surface area contributed by atoms with Crippen molar-refractivity contribution >= 4 is 63.7 Å². The molecule has 0 N–H and O–H groups in total. The summed E-state index contributed by atoms with van der Waals surface area (Å²) in [6.45, 7) is 8.38. The van der Waals surface area contributed by atoms with E-state index in [0.29, 0.717) is 27.4 Å². The molecule has 4 aromatic rings.